The molecular formula is C15H19FN2O2. The molecule has 0 atom stereocenters. The molecule has 1 saturated heterocycles. The smallest absolute Gasteiger partial charge is 0.253 e. The average Bonchev–Trinajstić information content (AvgIpc) is 2.46. The molecule has 0 bridgehead atoms. The minimum absolute atomic E-state index is 0.0571. The van der Waals surface area contributed by atoms with E-state index in [1.807, 2.05) is 0 Å². The number of carbonyl (C=O) groups excluding carboxylic acids is 2. The predicted molar refractivity (Wildman–Crippen MR) is 73.5 cm³/mol. The zero-order chi connectivity index (χ0) is 14.5. The molecule has 1 aromatic carbocycles. The van der Waals surface area contributed by atoms with Crippen LogP contribution in [0.5, 0.6) is 0 Å². The quantitative estimate of drug-likeness (QED) is 0.914. The van der Waals surface area contributed by atoms with Crippen molar-refractivity contribution in [2.24, 2.45) is 11.7 Å². The molecule has 4 nitrogen and oxygen atoms in total. The molecule has 0 aromatic heterocycles. The van der Waals surface area contributed by atoms with Gasteiger partial charge >= 0.3 is 0 Å². The summed E-state index contributed by atoms with van der Waals surface area (Å²) in [6.07, 6.45) is 2.99. The highest BCUT2D eigenvalue weighted by molar-refractivity contribution is 5.94. The summed E-state index contributed by atoms with van der Waals surface area (Å²) in [4.78, 5) is 24.8. The first kappa shape index (κ1) is 14.5. The Labute approximate surface area is 117 Å². The van der Waals surface area contributed by atoms with E-state index in [9.17, 15) is 14.0 Å². The number of hydrogen-bond acceptors (Lipinski definition) is 2. The second-order valence-corrected chi connectivity index (χ2v) is 5.25. The molecule has 0 unspecified atom stereocenters. The van der Waals surface area contributed by atoms with E-state index in [4.69, 9.17) is 5.73 Å². The van der Waals surface area contributed by atoms with E-state index in [0.717, 1.165) is 19.3 Å². The van der Waals surface area contributed by atoms with Gasteiger partial charge in [-0.1, -0.05) is 0 Å². The SMILES string of the molecule is NC(=O)CCC1CCN(C(=O)c2ccc(F)cc2)CC1. The Morgan fingerprint density at radius 1 is 1.20 bits per heavy atom. The summed E-state index contributed by atoms with van der Waals surface area (Å²) in [5.74, 6) is -0.209. The van der Waals surface area contributed by atoms with Crippen LogP contribution in [0.3, 0.4) is 0 Å². The van der Waals surface area contributed by atoms with Crippen LogP contribution in [0.4, 0.5) is 4.39 Å². The Morgan fingerprint density at radius 3 is 2.35 bits per heavy atom. The highest BCUT2D eigenvalue weighted by atomic mass is 19.1. The number of amides is 2. The van der Waals surface area contributed by atoms with Crippen molar-refractivity contribution in [1.82, 2.24) is 4.90 Å². The van der Waals surface area contributed by atoms with Crippen molar-refractivity contribution < 1.29 is 14.0 Å². The third-order valence-corrected chi connectivity index (χ3v) is 3.79. The fourth-order valence-corrected chi connectivity index (χ4v) is 2.55. The van der Waals surface area contributed by atoms with Crippen LogP contribution in [0.2, 0.25) is 0 Å². The summed E-state index contributed by atoms with van der Waals surface area (Å²) < 4.78 is 12.8. The van der Waals surface area contributed by atoms with Gasteiger partial charge < -0.3 is 10.6 Å². The third-order valence-electron chi connectivity index (χ3n) is 3.79. The summed E-state index contributed by atoms with van der Waals surface area (Å²) in [7, 11) is 0. The fraction of sp³-hybridized carbons (Fsp3) is 0.467. The molecule has 1 fully saturated rings. The second-order valence-electron chi connectivity index (χ2n) is 5.25. The van der Waals surface area contributed by atoms with Crippen LogP contribution in [0.15, 0.2) is 24.3 Å². The zero-order valence-electron chi connectivity index (χ0n) is 11.3. The predicted octanol–water partition coefficient (Wildman–Crippen LogP) is 1.94. The number of nitrogens with zero attached hydrogens (tertiary/aromatic N) is 1. The largest absolute Gasteiger partial charge is 0.370 e. The van der Waals surface area contributed by atoms with Gasteiger partial charge in [0.05, 0.1) is 0 Å². The number of primary amides is 1. The monoisotopic (exact) mass is 278 g/mol. The number of rotatable bonds is 4. The standard InChI is InChI=1S/C15H19FN2O2/c16-13-4-2-12(3-5-13)15(20)18-9-7-11(8-10-18)1-6-14(17)19/h2-5,11H,1,6-10H2,(H2,17,19). The van der Waals surface area contributed by atoms with E-state index < -0.39 is 0 Å². The van der Waals surface area contributed by atoms with Crippen LogP contribution >= 0.6 is 0 Å². The summed E-state index contributed by atoms with van der Waals surface area (Å²) in [5.41, 5.74) is 5.65. The number of carbonyl (C=O) groups is 2. The summed E-state index contributed by atoms with van der Waals surface area (Å²) in [6.45, 7) is 1.36. The van der Waals surface area contributed by atoms with Gasteiger partial charge in [-0.15, -0.1) is 0 Å². The Balaban J connectivity index is 1.85. The molecule has 2 amide bonds. The summed E-state index contributed by atoms with van der Waals surface area (Å²) >= 11 is 0. The molecule has 108 valence electrons. The number of nitrogens with two attached hydrogens (primary N) is 1. The lowest BCUT2D eigenvalue weighted by atomic mass is 9.92. The lowest BCUT2D eigenvalue weighted by molar-refractivity contribution is -0.118. The van der Waals surface area contributed by atoms with Crippen molar-refractivity contribution in [3.05, 3.63) is 35.6 Å². The first-order chi connectivity index (χ1) is 9.56. The first-order valence-corrected chi connectivity index (χ1v) is 6.89. The van der Waals surface area contributed by atoms with Gasteiger partial charge in [-0.3, -0.25) is 9.59 Å². The fourth-order valence-electron chi connectivity index (χ4n) is 2.55. The molecule has 0 spiro atoms. The first-order valence-electron chi connectivity index (χ1n) is 6.89. The van der Waals surface area contributed by atoms with Crippen molar-refractivity contribution >= 4 is 11.8 Å². The van der Waals surface area contributed by atoms with Crippen LogP contribution in [0, 0.1) is 11.7 Å². The highest BCUT2D eigenvalue weighted by Crippen LogP contribution is 2.23. The number of piperidine rings is 1. The van der Waals surface area contributed by atoms with E-state index in [2.05, 4.69) is 0 Å². The summed E-state index contributed by atoms with van der Waals surface area (Å²) in [6, 6.07) is 5.62. The van der Waals surface area contributed by atoms with Gasteiger partial charge in [0.15, 0.2) is 0 Å². The third kappa shape index (κ3) is 3.79. The molecule has 0 aliphatic carbocycles. The van der Waals surface area contributed by atoms with E-state index in [1.54, 1.807) is 4.90 Å². The van der Waals surface area contributed by atoms with E-state index in [0.29, 0.717) is 31.0 Å². The number of hydrogen-bond donors (Lipinski definition) is 1. The number of benzene rings is 1. The van der Waals surface area contributed by atoms with Gasteiger partial charge in [-0.25, -0.2) is 4.39 Å². The summed E-state index contributed by atoms with van der Waals surface area (Å²) in [5, 5.41) is 0. The van der Waals surface area contributed by atoms with Crippen LogP contribution in [0.1, 0.15) is 36.0 Å². The molecule has 1 heterocycles. The Hall–Kier alpha value is -1.91. The molecule has 20 heavy (non-hydrogen) atoms. The normalized spacial score (nSPS) is 16.1. The van der Waals surface area contributed by atoms with E-state index >= 15 is 0 Å². The lowest BCUT2D eigenvalue weighted by Gasteiger charge is -2.32. The molecule has 2 N–H and O–H groups in total. The van der Waals surface area contributed by atoms with Gasteiger partial charge in [0.25, 0.3) is 5.91 Å². The highest BCUT2D eigenvalue weighted by Gasteiger charge is 2.23. The van der Waals surface area contributed by atoms with Crippen molar-refractivity contribution in [2.75, 3.05) is 13.1 Å². The van der Waals surface area contributed by atoms with Crippen LogP contribution < -0.4 is 5.73 Å². The maximum Gasteiger partial charge on any atom is 0.253 e. The van der Waals surface area contributed by atoms with Crippen molar-refractivity contribution in [3.63, 3.8) is 0 Å². The Kier molecular flexibility index (Phi) is 4.71. The molecule has 5 heteroatoms. The maximum absolute atomic E-state index is 12.8. The Bertz CT molecular complexity index is 479. The molecular weight excluding hydrogens is 259 g/mol. The molecule has 1 aromatic rings. The maximum atomic E-state index is 12.8. The number of likely N-dealkylation sites (tertiary alicyclic amines) is 1. The van der Waals surface area contributed by atoms with Gasteiger partial charge in [0.2, 0.25) is 5.91 Å². The van der Waals surface area contributed by atoms with Crippen molar-refractivity contribution in [3.8, 4) is 0 Å². The van der Waals surface area contributed by atoms with Crippen molar-refractivity contribution in [1.29, 1.82) is 0 Å². The zero-order valence-corrected chi connectivity index (χ0v) is 11.3. The second kappa shape index (κ2) is 6.50. The van der Waals surface area contributed by atoms with Gasteiger partial charge in [-0.2, -0.15) is 0 Å². The molecule has 2 rings (SSSR count). The van der Waals surface area contributed by atoms with Crippen LogP contribution in [0.25, 0.3) is 0 Å². The average molecular weight is 278 g/mol. The van der Waals surface area contributed by atoms with Gasteiger partial charge in [-0.05, 0) is 49.4 Å². The van der Waals surface area contributed by atoms with Gasteiger partial charge in [0.1, 0.15) is 5.82 Å². The Morgan fingerprint density at radius 2 is 1.80 bits per heavy atom. The van der Waals surface area contributed by atoms with Gasteiger partial charge in [0, 0.05) is 25.1 Å². The number of halogens is 1. The topological polar surface area (TPSA) is 63.4 Å². The molecule has 0 radical (unpaired) electrons. The van der Waals surface area contributed by atoms with E-state index in [1.165, 1.54) is 24.3 Å². The van der Waals surface area contributed by atoms with Crippen LogP contribution in [-0.4, -0.2) is 29.8 Å². The molecule has 1 aliphatic heterocycles. The minimum atomic E-state index is -0.341. The molecule has 0 saturated carbocycles. The van der Waals surface area contributed by atoms with E-state index in [-0.39, 0.29) is 17.6 Å². The van der Waals surface area contributed by atoms with Crippen LogP contribution in [-0.2, 0) is 4.79 Å². The lowest BCUT2D eigenvalue weighted by Crippen LogP contribution is -2.38. The minimum Gasteiger partial charge on any atom is -0.370 e. The van der Waals surface area contributed by atoms with Crippen molar-refractivity contribution in [2.45, 2.75) is 25.7 Å². The molecule has 1 aliphatic rings.